The molecule has 1 heterocycles. The molecule has 1 fully saturated rings. The molecular weight excluding hydrogens is 162 g/mol. The van der Waals surface area contributed by atoms with E-state index in [-0.39, 0.29) is 11.9 Å². The molecule has 0 bridgehead atoms. The summed E-state index contributed by atoms with van der Waals surface area (Å²) in [6.07, 6.45) is 0.630. The van der Waals surface area contributed by atoms with Crippen LogP contribution in [0.3, 0.4) is 0 Å². The van der Waals surface area contributed by atoms with Crippen molar-refractivity contribution in [1.82, 2.24) is 5.32 Å². The minimum absolute atomic E-state index is 0.168. The van der Waals surface area contributed by atoms with Crippen LogP contribution >= 0.6 is 0 Å². The molecule has 1 amide bonds. The fourth-order valence-electron chi connectivity index (χ4n) is 1.90. The van der Waals surface area contributed by atoms with Gasteiger partial charge in [0.15, 0.2) is 0 Å². The second-order valence-corrected chi connectivity index (χ2v) is 3.58. The lowest BCUT2D eigenvalue weighted by atomic mass is 9.93. The summed E-state index contributed by atoms with van der Waals surface area (Å²) in [7, 11) is 0. The van der Waals surface area contributed by atoms with Crippen LogP contribution in [0.1, 0.15) is 24.8 Å². The van der Waals surface area contributed by atoms with Crippen LogP contribution < -0.4 is 5.32 Å². The van der Waals surface area contributed by atoms with E-state index in [4.69, 9.17) is 0 Å². The summed E-state index contributed by atoms with van der Waals surface area (Å²) in [5, 5.41) is 2.93. The van der Waals surface area contributed by atoms with E-state index in [0.717, 1.165) is 0 Å². The minimum Gasteiger partial charge on any atom is -0.353 e. The van der Waals surface area contributed by atoms with Crippen molar-refractivity contribution in [1.29, 1.82) is 0 Å². The van der Waals surface area contributed by atoms with Crippen LogP contribution in [0.4, 0.5) is 0 Å². The maximum Gasteiger partial charge on any atom is 0.220 e. The van der Waals surface area contributed by atoms with Crippen LogP contribution in [0, 0.1) is 0 Å². The van der Waals surface area contributed by atoms with Crippen LogP contribution in [0.2, 0.25) is 0 Å². The number of nitrogens with one attached hydrogen (secondary N) is 1. The van der Waals surface area contributed by atoms with Gasteiger partial charge in [0.05, 0.1) is 0 Å². The van der Waals surface area contributed by atoms with Crippen molar-refractivity contribution in [2.75, 3.05) is 0 Å². The van der Waals surface area contributed by atoms with Gasteiger partial charge in [-0.25, -0.2) is 0 Å². The highest BCUT2D eigenvalue weighted by Gasteiger charge is 2.29. The third-order valence-electron chi connectivity index (χ3n) is 2.63. The van der Waals surface area contributed by atoms with Crippen molar-refractivity contribution in [3.05, 3.63) is 35.9 Å². The Labute approximate surface area is 78.0 Å². The Hall–Kier alpha value is -1.31. The molecular formula is C11H13NO. The van der Waals surface area contributed by atoms with Crippen LogP contribution in [-0.2, 0) is 4.79 Å². The van der Waals surface area contributed by atoms with E-state index in [2.05, 4.69) is 24.4 Å². The molecule has 2 nitrogen and oxygen atoms in total. The standard InChI is InChI=1S/C11H13NO/c1-8-10(7-11(13)12-8)9-5-3-2-4-6-9/h2-6,8,10H,7H2,1H3,(H,12,13)/t8-,10-/m0/s1. The number of hydrogen-bond acceptors (Lipinski definition) is 1. The lowest BCUT2D eigenvalue weighted by molar-refractivity contribution is -0.119. The molecule has 1 aromatic carbocycles. The van der Waals surface area contributed by atoms with Gasteiger partial charge in [-0.3, -0.25) is 4.79 Å². The molecule has 1 saturated heterocycles. The fourth-order valence-corrected chi connectivity index (χ4v) is 1.90. The van der Waals surface area contributed by atoms with Gasteiger partial charge >= 0.3 is 0 Å². The first kappa shape index (κ1) is 8.30. The van der Waals surface area contributed by atoms with Gasteiger partial charge in [-0.2, -0.15) is 0 Å². The Morgan fingerprint density at radius 1 is 1.31 bits per heavy atom. The van der Waals surface area contributed by atoms with Gasteiger partial charge in [0.1, 0.15) is 0 Å². The van der Waals surface area contributed by atoms with Crippen molar-refractivity contribution in [2.45, 2.75) is 25.3 Å². The van der Waals surface area contributed by atoms with Crippen molar-refractivity contribution in [3.63, 3.8) is 0 Å². The molecule has 2 rings (SSSR count). The van der Waals surface area contributed by atoms with Crippen molar-refractivity contribution < 1.29 is 4.79 Å². The highest BCUT2D eigenvalue weighted by molar-refractivity contribution is 5.80. The second kappa shape index (κ2) is 3.21. The Balaban J connectivity index is 2.23. The largest absolute Gasteiger partial charge is 0.353 e. The molecule has 0 unspecified atom stereocenters. The van der Waals surface area contributed by atoms with Gasteiger partial charge in [-0.1, -0.05) is 30.3 Å². The third kappa shape index (κ3) is 1.57. The minimum atomic E-state index is 0.168. The van der Waals surface area contributed by atoms with Crippen molar-refractivity contribution in [2.24, 2.45) is 0 Å². The molecule has 1 aliphatic rings. The predicted molar refractivity (Wildman–Crippen MR) is 51.4 cm³/mol. The number of rotatable bonds is 1. The smallest absolute Gasteiger partial charge is 0.220 e. The summed E-state index contributed by atoms with van der Waals surface area (Å²) in [5.41, 5.74) is 1.26. The first-order valence-electron chi connectivity index (χ1n) is 4.61. The van der Waals surface area contributed by atoms with E-state index in [9.17, 15) is 4.79 Å². The van der Waals surface area contributed by atoms with E-state index >= 15 is 0 Å². The van der Waals surface area contributed by atoms with E-state index < -0.39 is 0 Å². The summed E-state index contributed by atoms with van der Waals surface area (Å²) in [6, 6.07) is 10.5. The zero-order valence-corrected chi connectivity index (χ0v) is 7.66. The number of amides is 1. The number of carbonyl (C=O) groups excluding carboxylic acids is 1. The lowest BCUT2D eigenvalue weighted by Gasteiger charge is -2.13. The van der Waals surface area contributed by atoms with Gasteiger partial charge in [0.2, 0.25) is 5.91 Å². The molecule has 1 aromatic rings. The first-order valence-corrected chi connectivity index (χ1v) is 4.61. The molecule has 68 valence electrons. The van der Waals surface area contributed by atoms with Crippen LogP contribution in [-0.4, -0.2) is 11.9 Å². The summed E-state index contributed by atoms with van der Waals surface area (Å²) in [6.45, 7) is 2.06. The fraction of sp³-hybridized carbons (Fsp3) is 0.364. The number of carbonyl (C=O) groups is 1. The molecule has 1 aliphatic heterocycles. The quantitative estimate of drug-likeness (QED) is 0.691. The van der Waals surface area contributed by atoms with Crippen molar-refractivity contribution in [3.8, 4) is 0 Å². The predicted octanol–water partition coefficient (Wildman–Crippen LogP) is 1.68. The normalized spacial score (nSPS) is 27.3. The van der Waals surface area contributed by atoms with Gasteiger partial charge in [-0.05, 0) is 12.5 Å². The number of benzene rings is 1. The SMILES string of the molecule is C[C@@H]1NC(=O)C[C@@H]1c1ccccc1. The molecule has 0 spiro atoms. The third-order valence-corrected chi connectivity index (χ3v) is 2.63. The van der Waals surface area contributed by atoms with Gasteiger partial charge in [0, 0.05) is 18.4 Å². The van der Waals surface area contributed by atoms with Gasteiger partial charge < -0.3 is 5.32 Å². The van der Waals surface area contributed by atoms with E-state index in [1.54, 1.807) is 0 Å². The average Bonchev–Trinajstić information content (AvgIpc) is 2.47. The second-order valence-electron chi connectivity index (χ2n) is 3.58. The van der Waals surface area contributed by atoms with E-state index in [0.29, 0.717) is 12.3 Å². The van der Waals surface area contributed by atoms with E-state index in [1.165, 1.54) is 5.56 Å². The zero-order chi connectivity index (χ0) is 9.26. The van der Waals surface area contributed by atoms with Gasteiger partial charge in [0.25, 0.3) is 0 Å². The molecule has 2 heteroatoms. The molecule has 1 N–H and O–H groups in total. The Morgan fingerprint density at radius 2 is 2.00 bits per heavy atom. The summed E-state index contributed by atoms with van der Waals surface area (Å²) in [5.74, 6) is 0.523. The topological polar surface area (TPSA) is 29.1 Å². The maximum absolute atomic E-state index is 11.1. The number of hydrogen-bond donors (Lipinski definition) is 1. The lowest BCUT2D eigenvalue weighted by Crippen LogP contribution is -2.24. The highest BCUT2D eigenvalue weighted by Crippen LogP contribution is 2.27. The zero-order valence-electron chi connectivity index (χ0n) is 7.66. The average molecular weight is 175 g/mol. The molecule has 13 heavy (non-hydrogen) atoms. The highest BCUT2D eigenvalue weighted by atomic mass is 16.1. The monoisotopic (exact) mass is 175 g/mol. The van der Waals surface area contributed by atoms with Crippen LogP contribution in [0.25, 0.3) is 0 Å². The summed E-state index contributed by atoms with van der Waals surface area (Å²) in [4.78, 5) is 11.1. The van der Waals surface area contributed by atoms with Gasteiger partial charge in [-0.15, -0.1) is 0 Å². The van der Waals surface area contributed by atoms with Crippen LogP contribution in [0.15, 0.2) is 30.3 Å². The van der Waals surface area contributed by atoms with E-state index in [1.807, 2.05) is 18.2 Å². The molecule has 0 radical (unpaired) electrons. The van der Waals surface area contributed by atoms with Crippen molar-refractivity contribution >= 4 is 5.91 Å². The molecule has 0 aromatic heterocycles. The first-order chi connectivity index (χ1) is 6.27. The Morgan fingerprint density at radius 3 is 2.54 bits per heavy atom. The Bertz CT molecular complexity index is 307. The molecule has 0 saturated carbocycles. The molecule has 2 atom stereocenters. The summed E-state index contributed by atoms with van der Waals surface area (Å²) < 4.78 is 0. The Kier molecular flexibility index (Phi) is 2.05. The molecule has 0 aliphatic carbocycles. The maximum atomic E-state index is 11.1. The summed E-state index contributed by atoms with van der Waals surface area (Å²) >= 11 is 0. The van der Waals surface area contributed by atoms with Crippen LogP contribution in [0.5, 0.6) is 0 Å².